The smallest absolute Gasteiger partial charge is 0.376 e. The lowest BCUT2D eigenvalue weighted by molar-refractivity contribution is -0.142. The van der Waals surface area contributed by atoms with Crippen LogP contribution in [0.25, 0.3) is 22.5 Å². The summed E-state index contributed by atoms with van der Waals surface area (Å²) in [6, 6.07) is 22.0. The van der Waals surface area contributed by atoms with Crippen LogP contribution in [-0.2, 0) is 43.9 Å². The van der Waals surface area contributed by atoms with E-state index in [9.17, 15) is 74.3 Å². The van der Waals surface area contributed by atoms with E-state index in [0.29, 0.717) is 54.1 Å². The van der Waals surface area contributed by atoms with Crippen molar-refractivity contribution in [1.29, 1.82) is 0 Å². The van der Waals surface area contributed by atoms with Gasteiger partial charge in [-0.1, -0.05) is 60.7 Å². The molecule has 2 heterocycles. The maximum absolute atomic E-state index is 13.0. The summed E-state index contributed by atoms with van der Waals surface area (Å²) in [5.74, 6) is -0.775. The minimum absolute atomic E-state index is 0.0291. The number of hydrogen-bond donors (Lipinski definition) is 1. The average molecular weight is 933 g/mol. The monoisotopic (exact) mass is 932 g/mol. The third kappa shape index (κ3) is 13.2. The normalized spacial score (nSPS) is 12.3. The maximum atomic E-state index is 13.0. The summed E-state index contributed by atoms with van der Waals surface area (Å²) in [7, 11) is -3.81. The Labute approximate surface area is 340 Å². The molecule has 0 aliphatic heterocycles. The molecule has 6 rings (SSSR count). The highest BCUT2D eigenvalue weighted by Crippen LogP contribution is 2.36. The molecule has 0 bridgehead atoms. The standard InChI is InChI=1S/C18H10F6N2O3S.C11H7F3N2O.C7H4ClF3O2S/c19-17(20,21)12-6-8-13(9-7-12)30(27,28)29-14-10-15(18(22,23)24)25-26-16(14)11-4-2-1-3-5-11;12-11(13,14)9-6-8(17)10(16-15-9)7-4-2-1-3-5-7;8-14(12,13)6-3-1-5(2-4-6)7(9,10)11/h1-10H;1-6H,(H,15,17);1-4H. The van der Waals surface area contributed by atoms with Gasteiger partial charge in [0.2, 0.25) is 5.43 Å². The Morgan fingerprint density at radius 1 is 0.525 bits per heavy atom. The van der Waals surface area contributed by atoms with Crippen molar-refractivity contribution in [2.24, 2.45) is 0 Å². The number of hydrogen-bond acceptors (Lipinski definition) is 9. The lowest BCUT2D eigenvalue weighted by atomic mass is 10.1. The van der Waals surface area contributed by atoms with E-state index < -0.39 is 82.5 Å². The second-order valence-electron chi connectivity index (χ2n) is 11.7. The van der Waals surface area contributed by atoms with Crippen molar-refractivity contribution < 1.29 is 73.7 Å². The first-order valence-corrected chi connectivity index (χ1v) is 19.8. The van der Waals surface area contributed by atoms with Gasteiger partial charge in [0.25, 0.3) is 9.05 Å². The summed E-state index contributed by atoms with van der Waals surface area (Å²) in [5, 5.41) is 11.8. The average Bonchev–Trinajstić information content (AvgIpc) is 3.17. The number of aromatic amines is 1. The molecule has 4 aromatic carbocycles. The van der Waals surface area contributed by atoms with Crippen molar-refractivity contribution in [1.82, 2.24) is 20.4 Å². The Balaban J connectivity index is 0.000000223. The number of benzene rings is 4. The van der Waals surface area contributed by atoms with Crippen LogP contribution in [-0.4, -0.2) is 37.2 Å². The first-order valence-electron chi connectivity index (χ1n) is 16.0. The van der Waals surface area contributed by atoms with Crippen LogP contribution < -0.4 is 9.61 Å². The molecule has 0 saturated heterocycles. The van der Waals surface area contributed by atoms with E-state index >= 15 is 0 Å². The number of H-pyrrole nitrogens is 1. The van der Waals surface area contributed by atoms with Gasteiger partial charge < -0.3 is 4.18 Å². The second kappa shape index (κ2) is 18.3. The highest BCUT2D eigenvalue weighted by atomic mass is 35.7. The van der Waals surface area contributed by atoms with Gasteiger partial charge in [0, 0.05) is 33.9 Å². The molecule has 0 atom stereocenters. The summed E-state index contributed by atoms with van der Waals surface area (Å²) in [5.41, 5.74) is -5.06. The van der Waals surface area contributed by atoms with Crippen LogP contribution in [0.15, 0.2) is 136 Å². The maximum Gasteiger partial charge on any atom is 0.435 e. The third-order valence-electron chi connectivity index (χ3n) is 7.38. The summed E-state index contributed by atoms with van der Waals surface area (Å²) >= 11 is 0. The van der Waals surface area contributed by atoms with E-state index in [0.717, 1.165) is 12.1 Å². The Morgan fingerprint density at radius 2 is 0.967 bits per heavy atom. The molecule has 0 amide bonds. The molecule has 0 spiro atoms. The number of halogens is 13. The van der Waals surface area contributed by atoms with Gasteiger partial charge in [0.05, 0.1) is 16.0 Å². The van der Waals surface area contributed by atoms with Crippen molar-refractivity contribution in [3.8, 4) is 28.3 Å². The van der Waals surface area contributed by atoms with Gasteiger partial charge >= 0.3 is 34.8 Å². The van der Waals surface area contributed by atoms with Crippen molar-refractivity contribution >= 4 is 29.9 Å². The molecule has 61 heavy (non-hydrogen) atoms. The summed E-state index contributed by atoms with van der Waals surface area (Å²) in [6.07, 6.45) is -18.7. The molecule has 1 N–H and O–H groups in total. The van der Waals surface area contributed by atoms with Gasteiger partial charge in [-0.25, -0.2) is 8.42 Å². The van der Waals surface area contributed by atoms with Crippen LogP contribution in [0.3, 0.4) is 0 Å². The lowest BCUT2D eigenvalue weighted by Gasteiger charge is -2.13. The van der Waals surface area contributed by atoms with Crippen molar-refractivity contribution in [3.05, 3.63) is 154 Å². The van der Waals surface area contributed by atoms with Gasteiger partial charge in [-0.2, -0.15) is 66.2 Å². The second-order valence-corrected chi connectivity index (χ2v) is 15.8. The number of aromatic nitrogens is 4. The molecule has 25 heteroatoms. The van der Waals surface area contributed by atoms with E-state index in [4.69, 9.17) is 14.9 Å². The highest BCUT2D eigenvalue weighted by Gasteiger charge is 2.36. The molecule has 0 aliphatic carbocycles. The molecular formula is C36H21ClF12N4O6S2. The van der Waals surface area contributed by atoms with Crippen LogP contribution >= 0.6 is 10.7 Å². The zero-order valence-electron chi connectivity index (χ0n) is 29.6. The summed E-state index contributed by atoms with van der Waals surface area (Å²) in [4.78, 5) is 10.5. The van der Waals surface area contributed by atoms with Crippen molar-refractivity contribution in [2.75, 3.05) is 0 Å². The zero-order valence-corrected chi connectivity index (χ0v) is 32.0. The van der Waals surface area contributed by atoms with Gasteiger partial charge in [-0.3, -0.25) is 9.89 Å². The van der Waals surface area contributed by atoms with Crippen LogP contribution in [0.4, 0.5) is 52.7 Å². The van der Waals surface area contributed by atoms with E-state index in [1.54, 1.807) is 36.4 Å². The highest BCUT2D eigenvalue weighted by molar-refractivity contribution is 8.13. The van der Waals surface area contributed by atoms with Gasteiger partial charge in [0.15, 0.2) is 11.4 Å². The Bertz CT molecular complexity index is 2720. The zero-order chi connectivity index (χ0) is 45.6. The number of nitrogens with zero attached hydrogens (tertiary/aromatic N) is 3. The largest absolute Gasteiger partial charge is 0.435 e. The predicted octanol–water partition coefficient (Wildman–Crippen LogP) is 10.0. The quantitative estimate of drug-likeness (QED) is 0.0979. The predicted molar refractivity (Wildman–Crippen MR) is 192 cm³/mol. The molecule has 0 radical (unpaired) electrons. The Hall–Kier alpha value is -6.01. The van der Waals surface area contributed by atoms with Crippen LogP contribution in [0, 0.1) is 0 Å². The molecule has 0 unspecified atom stereocenters. The van der Waals surface area contributed by atoms with Crippen LogP contribution in [0.2, 0.25) is 0 Å². The third-order valence-corrected chi connectivity index (χ3v) is 10.00. The first kappa shape index (κ1) is 47.7. The fourth-order valence-electron chi connectivity index (χ4n) is 4.51. The van der Waals surface area contributed by atoms with Crippen molar-refractivity contribution in [2.45, 2.75) is 34.5 Å². The fraction of sp³-hybridized carbons (Fsp3) is 0.111. The molecular weight excluding hydrogens is 912 g/mol. The minimum atomic E-state index is -4.93. The van der Waals surface area contributed by atoms with Gasteiger partial charge in [-0.15, -0.1) is 10.2 Å². The fourth-order valence-corrected chi connectivity index (χ4v) is 6.21. The molecule has 6 aromatic rings. The number of nitrogens with one attached hydrogen (secondary N) is 1. The summed E-state index contributed by atoms with van der Waals surface area (Å²) < 4.78 is 201. The summed E-state index contributed by atoms with van der Waals surface area (Å²) in [6.45, 7) is 0. The van der Waals surface area contributed by atoms with Crippen molar-refractivity contribution in [3.63, 3.8) is 0 Å². The first-order chi connectivity index (χ1) is 28.1. The molecule has 0 saturated carbocycles. The topological polar surface area (TPSA) is 149 Å². The number of rotatable bonds is 6. The van der Waals surface area contributed by atoms with E-state index in [1.165, 1.54) is 24.3 Å². The molecule has 0 aliphatic rings. The van der Waals surface area contributed by atoms with Crippen LogP contribution in [0.5, 0.6) is 5.75 Å². The van der Waals surface area contributed by atoms with E-state index in [1.807, 2.05) is 5.10 Å². The molecule has 0 fully saturated rings. The van der Waals surface area contributed by atoms with Crippen LogP contribution in [0.1, 0.15) is 22.5 Å². The Morgan fingerprint density at radius 3 is 1.36 bits per heavy atom. The molecule has 10 nitrogen and oxygen atoms in total. The van der Waals surface area contributed by atoms with Gasteiger partial charge in [-0.05, 0) is 48.5 Å². The molecule has 324 valence electrons. The SMILES string of the molecule is O=S(=O)(Cl)c1ccc(C(F)(F)F)cc1.O=S(=O)(Oc1cc(C(F)(F)F)nnc1-c1ccccc1)c1ccc(C(F)(F)F)cc1.O=c1cc(C(F)(F)F)[nH]nc1-c1ccccc1. The number of alkyl halides is 12. The molecule has 2 aromatic heterocycles. The minimum Gasteiger partial charge on any atom is -0.376 e. The Kier molecular flexibility index (Phi) is 14.3. The van der Waals surface area contributed by atoms with E-state index in [2.05, 4.69) is 15.3 Å². The lowest BCUT2D eigenvalue weighted by Crippen LogP contribution is -2.16. The van der Waals surface area contributed by atoms with Gasteiger partial charge in [0.1, 0.15) is 22.0 Å². The van der Waals surface area contributed by atoms with E-state index in [-0.39, 0.29) is 21.8 Å².